The van der Waals surface area contributed by atoms with Gasteiger partial charge >= 0.3 is 0 Å². The fourth-order valence-electron chi connectivity index (χ4n) is 0. The molecule has 0 saturated carbocycles. The van der Waals surface area contributed by atoms with E-state index in [0.29, 0.717) is 0 Å². The predicted octanol–water partition coefficient (Wildman–Crippen LogP) is -1.14. The van der Waals surface area contributed by atoms with Gasteiger partial charge in [0.1, 0.15) is 0 Å². The molecule has 0 aromatic carbocycles. The standard InChI is InChI=1S/2Er.3Se. The minimum Gasteiger partial charge on any atom is 0 e. The SMILES string of the molecule is [Er].[Er].[Se].[Se].[Se]. The van der Waals surface area contributed by atoms with Crippen LogP contribution in [0.15, 0.2) is 0 Å². The smallest absolute Gasteiger partial charge is 0 e. The van der Waals surface area contributed by atoms with Crippen molar-refractivity contribution in [3.05, 3.63) is 0 Å². The fraction of sp³-hybridized carbons (Fsp3) is 0. The molecule has 5 heteroatoms. The summed E-state index contributed by atoms with van der Waals surface area (Å²) in [6, 6.07) is 0. The van der Waals surface area contributed by atoms with Crippen LogP contribution in [-0.4, -0.2) is 51.2 Å². The molecule has 0 unspecified atom stereocenters. The number of hydrogen-bond donors (Lipinski definition) is 0. The van der Waals surface area contributed by atoms with Gasteiger partial charge in [-0.25, -0.2) is 0 Å². The maximum atomic E-state index is 0. The van der Waals surface area contributed by atoms with E-state index in [1.807, 2.05) is 0 Å². The van der Waals surface area contributed by atoms with Crippen LogP contribution in [0.2, 0.25) is 0 Å². The second-order valence-corrected chi connectivity index (χ2v) is 0. The van der Waals surface area contributed by atoms with Crippen LogP contribution in [0, 0.1) is 74.6 Å². The molecule has 0 aliphatic heterocycles. The Morgan fingerprint density at radius 2 is 0.400 bits per heavy atom. The van der Waals surface area contributed by atoms with Crippen LogP contribution in [0.25, 0.3) is 0 Å². The summed E-state index contributed by atoms with van der Waals surface area (Å²) in [5, 5.41) is 0. The van der Waals surface area contributed by atoms with E-state index in [9.17, 15) is 0 Å². The first-order chi connectivity index (χ1) is 0. The van der Waals surface area contributed by atoms with Gasteiger partial charge < -0.3 is 0 Å². The van der Waals surface area contributed by atoms with Crippen LogP contribution in [0.4, 0.5) is 0 Å². The molecule has 0 nitrogen and oxygen atoms in total. The molecule has 0 saturated heterocycles. The first-order valence-corrected chi connectivity index (χ1v) is 0. The monoisotopic (exact) mass is 572 g/mol. The first-order valence-electron chi connectivity index (χ1n) is 0. The maximum Gasteiger partial charge on any atom is 0 e. The Bertz CT molecular complexity index is 4.85. The topological polar surface area (TPSA) is 0 Å². The number of hydrogen-bond acceptors (Lipinski definition) is 0. The second kappa shape index (κ2) is 24.4. The summed E-state index contributed by atoms with van der Waals surface area (Å²) in [6.07, 6.45) is 0. The molecule has 0 aromatic rings. The van der Waals surface area contributed by atoms with Gasteiger partial charge in [-0.1, -0.05) is 0 Å². The minimum atomic E-state index is 0. The molecular formula is Er2Se3. The van der Waals surface area contributed by atoms with Crippen LogP contribution in [0.5, 0.6) is 0 Å². The molecule has 5 heavy (non-hydrogen) atoms. The quantitative estimate of drug-likeness (QED) is 0.323. The van der Waals surface area contributed by atoms with Gasteiger partial charge in [-0.15, -0.1) is 0 Å². The summed E-state index contributed by atoms with van der Waals surface area (Å²) >= 11 is 0. The van der Waals surface area contributed by atoms with E-state index in [0.717, 1.165) is 0 Å². The Balaban J connectivity index is 0. The summed E-state index contributed by atoms with van der Waals surface area (Å²) in [5.41, 5.74) is 0. The van der Waals surface area contributed by atoms with Crippen LogP contribution < -0.4 is 0 Å². The molecule has 6 radical (unpaired) electrons. The molecule has 0 aliphatic rings. The number of rotatable bonds is 0. The van der Waals surface area contributed by atoms with Crippen molar-refractivity contribution in [3.63, 3.8) is 0 Å². The van der Waals surface area contributed by atoms with Gasteiger partial charge in [0, 0.05) is 126 Å². The Hall–Kier alpha value is 4.05. The van der Waals surface area contributed by atoms with Gasteiger partial charge in [0.05, 0.1) is 0 Å². The van der Waals surface area contributed by atoms with Crippen molar-refractivity contribution in [1.82, 2.24) is 0 Å². The molecule has 0 aromatic heterocycles. The third-order valence-corrected chi connectivity index (χ3v) is 0. The van der Waals surface area contributed by atoms with E-state index in [4.69, 9.17) is 0 Å². The van der Waals surface area contributed by atoms with Crippen LogP contribution >= 0.6 is 0 Å². The summed E-state index contributed by atoms with van der Waals surface area (Å²) < 4.78 is 0. The first kappa shape index (κ1) is 35.7. The maximum absolute atomic E-state index is 0. The molecule has 0 amide bonds. The van der Waals surface area contributed by atoms with E-state index in [1.54, 1.807) is 0 Å². The van der Waals surface area contributed by atoms with E-state index in [1.165, 1.54) is 0 Å². The Labute approximate surface area is 123 Å². The fourth-order valence-corrected chi connectivity index (χ4v) is 0. The summed E-state index contributed by atoms with van der Waals surface area (Å²) in [5.74, 6) is 0. The average molecular weight is 571 g/mol. The van der Waals surface area contributed by atoms with Crippen LogP contribution in [0.1, 0.15) is 0 Å². The predicted molar refractivity (Wildman–Crippen MR) is 17.3 cm³/mol. The van der Waals surface area contributed by atoms with Crippen molar-refractivity contribution < 1.29 is 74.6 Å². The van der Waals surface area contributed by atoms with E-state index in [-0.39, 0.29) is 126 Å². The normalized spacial score (nSPS) is 0. The third kappa shape index (κ3) is 18.0. The molecule has 0 spiro atoms. The molecule has 0 rings (SSSR count). The van der Waals surface area contributed by atoms with Crippen molar-refractivity contribution in [2.24, 2.45) is 0 Å². The summed E-state index contributed by atoms with van der Waals surface area (Å²) in [7, 11) is 0. The summed E-state index contributed by atoms with van der Waals surface area (Å²) in [4.78, 5) is 0. The van der Waals surface area contributed by atoms with Crippen molar-refractivity contribution in [2.75, 3.05) is 0 Å². The molecular weight excluding hydrogens is 571 g/mol. The molecule has 0 aliphatic carbocycles. The minimum absolute atomic E-state index is 0. The Morgan fingerprint density at radius 1 is 0.400 bits per heavy atom. The zero-order valence-electron chi connectivity index (χ0n) is 1.80. The van der Waals surface area contributed by atoms with Crippen molar-refractivity contribution in [1.29, 1.82) is 0 Å². The Kier molecular flexibility index (Phi) is 174. The van der Waals surface area contributed by atoms with Crippen LogP contribution in [0.3, 0.4) is 0 Å². The second-order valence-electron chi connectivity index (χ2n) is 0. The van der Waals surface area contributed by atoms with Crippen molar-refractivity contribution in [3.8, 4) is 0 Å². The van der Waals surface area contributed by atoms with Crippen molar-refractivity contribution in [2.45, 2.75) is 0 Å². The van der Waals surface area contributed by atoms with Gasteiger partial charge in [0.2, 0.25) is 0 Å². The van der Waals surface area contributed by atoms with E-state index < -0.39 is 0 Å². The van der Waals surface area contributed by atoms with Gasteiger partial charge in [0.25, 0.3) is 0 Å². The van der Waals surface area contributed by atoms with E-state index >= 15 is 0 Å². The molecule has 42 valence electrons. The summed E-state index contributed by atoms with van der Waals surface area (Å²) in [6.45, 7) is 0. The van der Waals surface area contributed by atoms with Crippen LogP contribution in [-0.2, 0) is 0 Å². The molecule has 0 fully saturated rings. The van der Waals surface area contributed by atoms with Gasteiger partial charge in [-0.2, -0.15) is 0 Å². The van der Waals surface area contributed by atoms with Gasteiger partial charge in [-0.3, -0.25) is 0 Å². The van der Waals surface area contributed by atoms with E-state index in [2.05, 4.69) is 0 Å². The van der Waals surface area contributed by atoms with Gasteiger partial charge in [0.15, 0.2) is 0 Å². The third-order valence-electron chi connectivity index (χ3n) is 0. The largest absolute Gasteiger partial charge is 0 e. The zero-order valence-corrected chi connectivity index (χ0v) is 10.6. The van der Waals surface area contributed by atoms with Gasteiger partial charge in [-0.05, 0) is 0 Å². The molecule has 0 N–H and O–H groups in total. The molecule has 0 heterocycles. The van der Waals surface area contributed by atoms with Crippen molar-refractivity contribution >= 4 is 51.2 Å². The molecule has 0 bridgehead atoms. The zero-order chi connectivity index (χ0) is 0. The molecule has 0 atom stereocenters. The average Bonchev–Trinajstić information content (AvgIpc) is 0. The Morgan fingerprint density at radius 3 is 0.400 bits per heavy atom.